The number of nitrogens with one attached hydrogen (secondary N) is 1. The van der Waals surface area contributed by atoms with Gasteiger partial charge in [-0.2, -0.15) is 0 Å². The number of pyridine rings is 1. The predicted molar refractivity (Wildman–Crippen MR) is 101 cm³/mol. The van der Waals surface area contributed by atoms with E-state index in [0.29, 0.717) is 12.1 Å². The third-order valence-electron chi connectivity index (χ3n) is 4.39. The highest BCUT2D eigenvalue weighted by Gasteiger charge is 2.21. The van der Waals surface area contributed by atoms with Gasteiger partial charge in [0.2, 0.25) is 0 Å². The maximum atomic E-state index is 11.1. The zero-order valence-corrected chi connectivity index (χ0v) is 14.7. The monoisotopic (exact) mass is 354 g/mol. The van der Waals surface area contributed by atoms with Crippen LogP contribution in [0.2, 0.25) is 0 Å². The third-order valence-corrected chi connectivity index (χ3v) is 4.39. The first-order chi connectivity index (χ1) is 12.7. The van der Waals surface area contributed by atoms with E-state index in [4.69, 9.17) is 0 Å². The van der Waals surface area contributed by atoms with Crippen LogP contribution in [0.1, 0.15) is 5.56 Å². The van der Waals surface area contributed by atoms with E-state index in [9.17, 15) is 10.1 Å². The van der Waals surface area contributed by atoms with Gasteiger partial charge < -0.3 is 15.1 Å². The number of benzene rings is 1. The zero-order valence-electron chi connectivity index (χ0n) is 14.7. The maximum absolute atomic E-state index is 11.1. The third kappa shape index (κ3) is 4.08. The summed E-state index contributed by atoms with van der Waals surface area (Å²) >= 11 is 0. The van der Waals surface area contributed by atoms with E-state index >= 15 is 0 Å². The fourth-order valence-electron chi connectivity index (χ4n) is 3.03. The lowest BCUT2D eigenvalue weighted by Crippen LogP contribution is -2.52. The Morgan fingerprint density at radius 1 is 1.19 bits per heavy atom. The first-order valence-corrected chi connectivity index (χ1v) is 8.53. The lowest BCUT2D eigenvalue weighted by molar-refractivity contribution is -0.385. The second-order valence-corrected chi connectivity index (χ2v) is 5.95. The van der Waals surface area contributed by atoms with Crippen LogP contribution < -0.4 is 10.2 Å². The molecule has 26 heavy (non-hydrogen) atoms. The second-order valence-electron chi connectivity index (χ2n) is 5.95. The summed E-state index contributed by atoms with van der Waals surface area (Å²) in [5.74, 6) is 1.74. The number of nitro groups is 1. The van der Waals surface area contributed by atoms with Crippen LogP contribution >= 0.6 is 0 Å². The molecule has 0 spiro atoms. The Balaban J connectivity index is 1.58. The summed E-state index contributed by atoms with van der Waals surface area (Å²) in [7, 11) is 1.73. The van der Waals surface area contributed by atoms with Crippen molar-refractivity contribution in [2.24, 2.45) is 4.99 Å². The van der Waals surface area contributed by atoms with Crippen LogP contribution in [0.4, 0.5) is 11.5 Å². The minimum atomic E-state index is -0.356. The number of guanidine groups is 1. The van der Waals surface area contributed by atoms with Gasteiger partial charge in [0.15, 0.2) is 5.96 Å². The number of hydrogen-bond acceptors (Lipinski definition) is 5. The largest absolute Gasteiger partial charge is 0.353 e. The molecule has 0 bridgehead atoms. The summed E-state index contributed by atoms with van der Waals surface area (Å²) in [5.41, 5.74) is 0.765. The zero-order chi connectivity index (χ0) is 18.4. The van der Waals surface area contributed by atoms with Gasteiger partial charge in [0.25, 0.3) is 5.69 Å². The van der Waals surface area contributed by atoms with E-state index in [1.54, 1.807) is 31.4 Å². The Labute approximate surface area is 152 Å². The molecule has 0 saturated carbocycles. The Morgan fingerprint density at radius 3 is 2.58 bits per heavy atom. The van der Waals surface area contributed by atoms with Gasteiger partial charge in [-0.15, -0.1) is 0 Å². The van der Waals surface area contributed by atoms with Crippen molar-refractivity contribution in [1.29, 1.82) is 0 Å². The van der Waals surface area contributed by atoms with E-state index in [0.717, 1.165) is 38.0 Å². The Kier molecular flexibility index (Phi) is 5.62. The van der Waals surface area contributed by atoms with Crippen molar-refractivity contribution in [2.45, 2.75) is 6.54 Å². The Hall–Kier alpha value is -3.16. The topological polar surface area (TPSA) is 86.9 Å². The number of para-hydroxylation sites is 1. The average molecular weight is 354 g/mol. The molecule has 8 nitrogen and oxygen atoms in total. The van der Waals surface area contributed by atoms with Crippen LogP contribution in [-0.4, -0.2) is 54.0 Å². The van der Waals surface area contributed by atoms with E-state index in [2.05, 4.69) is 25.1 Å². The number of nitro benzene ring substituents is 1. The van der Waals surface area contributed by atoms with E-state index < -0.39 is 0 Å². The number of anilines is 1. The van der Waals surface area contributed by atoms with Crippen LogP contribution in [0.3, 0.4) is 0 Å². The molecule has 1 aromatic carbocycles. The van der Waals surface area contributed by atoms with E-state index in [1.165, 1.54) is 6.07 Å². The fraction of sp³-hybridized carbons (Fsp3) is 0.333. The molecule has 1 saturated heterocycles. The number of aliphatic imine (C=N–C) groups is 1. The van der Waals surface area contributed by atoms with Gasteiger partial charge in [-0.25, -0.2) is 4.98 Å². The lowest BCUT2D eigenvalue weighted by atomic mass is 10.2. The molecule has 3 rings (SSSR count). The molecule has 1 aromatic heterocycles. The highest BCUT2D eigenvalue weighted by Crippen LogP contribution is 2.17. The Morgan fingerprint density at radius 2 is 1.92 bits per heavy atom. The molecule has 1 N–H and O–H groups in total. The number of rotatable bonds is 4. The van der Waals surface area contributed by atoms with E-state index in [1.807, 2.05) is 18.2 Å². The molecule has 0 amide bonds. The van der Waals surface area contributed by atoms with Crippen LogP contribution in [0.5, 0.6) is 0 Å². The molecule has 0 aliphatic carbocycles. The smallest absolute Gasteiger partial charge is 0.274 e. The standard InChI is InChI=1S/C18H22N6O2/c1-19-18(21-14-15-6-2-3-7-16(15)24(25)26)23-12-10-22(11-13-23)17-8-4-5-9-20-17/h2-9H,10-14H2,1H3,(H,19,21). The van der Waals surface area contributed by atoms with Crippen molar-refractivity contribution in [2.75, 3.05) is 38.1 Å². The molecule has 1 aliphatic rings. The molecule has 2 aromatic rings. The maximum Gasteiger partial charge on any atom is 0.274 e. The van der Waals surface area contributed by atoms with Gasteiger partial charge >= 0.3 is 0 Å². The fourth-order valence-corrected chi connectivity index (χ4v) is 3.03. The summed E-state index contributed by atoms with van der Waals surface area (Å²) in [5, 5.41) is 14.4. The van der Waals surface area contributed by atoms with Crippen molar-refractivity contribution in [3.63, 3.8) is 0 Å². The molecule has 8 heteroatoms. The number of hydrogen-bond donors (Lipinski definition) is 1. The van der Waals surface area contributed by atoms with Gasteiger partial charge in [-0.1, -0.05) is 24.3 Å². The minimum absolute atomic E-state index is 0.121. The second kappa shape index (κ2) is 8.28. The van der Waals surface area contributed by atoms with Crippen LogP contribution in [0.15, 0.2) is 53.7 Å². The van der Waals surface area contributed by atoms with Gasteiger partial charge in [0, 0.05) is 57.6 Å². The summed E-state index contributed by atoms with van der Waals surface area (Å²) in [6, 6.07) is 12.7. The van der Waals surface area contributed by atoms with Gasteiger partial charge in [-0.3, -0.25) is 15.1 Å². The van der Waals surface area contributed by atoms with Crippen molar-refractivity contribution in [3.8, 4) is 0 Å². The van der Waals surface area contributed by atoms with Crippen molar-refractivity contribution < 1.29 is 4.92 Å². The summed E-state index contributed by atoms with van der Waals surface area (Å²) in [4.78, 5) is 23.9. The molecule has 1 fully saturated rings. The van der Waals surface area contributed by atoms with Crippen molar-refractivity contribution >= 4 is 17.5 Å². The van der Waals surface area contributed by atoms with Crippen molar-refractivity contribution in [3.05, 3.63) is 64.3 Å². The van der Waals surface area contributed by atoms with Gasteiger partial charge in [0.05, 0.1) is 4.92 Å². The summed E-state index contributed by atoms with van der Waals surface area (Å²) in [6.07, 6.45) is 1.80. The molecule has 136 valence electrons. The quantitative estimate of drug-likeness (QED) is 0.390. The molecule has 0 unspecified atom stereocenters. The number of aromatic nitrogens is 1. The number of nitrogens with zero attached hydrogens (tertiary/aromatic N) is 5. The average Bonchev–Trinajstić information content (AvgIpc) is 2.70. The number of piperazine rings is 1. The van der Waals surface area contributed by atoms with Gasteiger partial charge in [0.1, 0.15) is 5.82 Å². The SMILES string of the molecule is CN=C(NCc1ccccc1[N+](=O)[O-])N1CCN(c2ccccn2)CC1. The van der Waals surface area contributed by atoms with Crippen molar-refractivity contribution in [1.82, 2.24) is 15.2 Å². The highest BCUT2D eigenvalue weighted by molar-refractivity contribution is 5.80. The summed E-state index contributed by atoms with van der Waals surface area (Å²) < 4.78 is 0. The molecular weight excluding hydrogens is 332 g/mol. The summed E-state index contributed by atoms with van der Waals surface area (Å²) in [6.45, 7) is 3.69. The molecule has 0 atom stereocenters. The Bertz CT molecular complexity index is 772. The molecule has 0 radical (unpaired) electrons. The molecule has 1 aliphatic heterocycles. The van der Waals surface area contributed by atoms with Gasteiger partial charge in [-0.05, 0) is 12.1 Å². The van der Waals surface area contributed by atoms with Crippen LogP contribution in [0, 0.1) is 10.1 Å². The minimum Gasteiger partial charge on any atom is -0.353 e. The first kappa shape index (κ1) is 17.7. The van der Waals surface area contributed by atoms with E-state index in [-0.39, 0.29) is 10.6 Å². The molecule has 2 heterocycles. The normalized spacial score (nSPS) is 15.0. The highest BCUT2D eigenvalue weighted by atomic mass is 16.6. The van der Waals surface area contributed by atoms with Crippen LogP contribution in [-0.2, 0) is 6.54 Å². The first-order valence-electron chi connectivity index (χ1n) is 8.53. The lowest BCUT2D eigenvalue weighted by Gasteiger charge is -2.37. The van der Waals surface area contributed by atoms with Crippen LogP contribution in [0.25, 0.3) is 0 Å². The predicted octanol–water partition coefficient (Wildman–Crippen LogP) is 1.89. The molecular formula is C18H22N6O2.